The summed E-state index contributed by atoms with van der Waals surface area (Å²) in [6.45, 7) is 8.97. The first-order chi connectivity index (χ1) is 22.2. The van der Waals surface area contributed by atoms with Gasteiger partial charge >= 0.3 is 6.09 Å². The average molecular weight is 654 g/mol. The molecule has 2 aromatic carbocycles. The van der Waals surface area contributed by atoms with Crippen LogP contribution in [0, 0.1) is 23.6 Å². The van der Waals surface area contributed by atoms with Gasteiger partial charge in [-0.2, -0.15) is 0 Å². The highest BCUT2D eigenvalue weighted by atomic mass is 32.2. The summed E-state index contributed by atoms with van der Waals surface area (Å²) in [6.07, 6.45) is 5.02. The van der Waals surface area contributed by atoms with E-state index in [-0.39, 0.29) is 28.4 Å². The molecule has 5 aliphatic rings. The van der Waals surface area contributed by atoms with Gasteiger partial charge in [-0.1, -0.05) is 18.6 Å². The molecular weight excluding hydrogens is 605 g/mol. The van der Waals surface area contributed by atoms with Crippen LogP contribution in [0.2, 0.25) is 0 Å². The lowest BCUT2D eigenvalue weighted by Crippen LogP contribution is -2.60. The van der Waals surface area contributed by atoms with Gasteiger partial charge in [0.25, 0.3) is 0 Å². The predicted molar refractivity (Wildman–Crippen MR) is 177 cm³/mol. The van der Waals surface area contributed by atoms with Crippen molar-refractivity contribution in [2.75, 3.05) is 70.3 Å². The summed E-state index contributed by atoms with van der Waals surface area (Å²) >= 11 is 0. The normalized spacial score (nSPS) is 26.6. The summed E-state index contributed by atoms with van der Waals surface area (Å²) in [6, 6.07) is 14.5. The van der Waals surface area contributed by atoms with Gasteiger partial charge in [0.2, 0.25) is 0 Å². The van der Waals surface area contributed by atoms with Crippen molar-refractivity contribution in [1.82, 2.24) is 20.4 Å². The van der Waals surface area contributed by atoms with Crippen LogP contribution in [0.1, 0.15) is 44.1 Å². The van der Waals surface area contributed by atoms with E-state index in [1.807, 2.05) is 18.2 Å². The van der Waals surface area contributed by atoms with Crippen LogP contribution in [-0.4, -0.2) is 106 Å². The molecule has 9 nitrogen and oxygen atoms in total. The number of hydrogen-bond donors (Lipinski definition) is 3. The SMILES string of the molecule is O=C(O)N[C@H]1CCC[C@@H]1C(CN1CCC1)(c1cccc(F)c1)C1CCN(CC2CN(c3ccc(S(=O)(=O)C4CNC4)cc3)C2)CC1. The molecule has 4 saturated heterocycles. The summed E-state index contributed by atoms with van der Waals surface area (Å²) < 4.78 is 40.3. The molecule has 2 aromatic rings. The lowest BCUT2D eigenvalue weighted by molar-refractivity contribution is 0.0226. The molecule has 0 bridgehead atoms. The Morgan fingerprint density at radius 2 is 1.70 bits per heavy atom. The molecule has 1 amide bonds. The zero-order valence-corrected chi connectivity index (χ0v) is 27.4. The molecule has 3 atom stereocenters. The first-order valence-electron chi connectivity index (χ1n) is 17.2. The Morgan fingerprint density at radius 3 is 2.30 bits per heavy atom. The Bertz CT molecular complexity index is 1490. The Labute approximate surface area is 272 Å². The molecule has 250 valence electrons. The second-order valence-electron chi connectivity index (χ2n) is 14.4. The third-order valence-corrected chi connectivity index (χ3v) is 13.9. The number of likely N-dealkylation sites (tertiary alicyclic amines) is 2. The Hall–Kier alpha value is -2.73. The smallest absolute Gasteiger partial charge is 0.404 e. The standard InChI is InChI=1S/C35H48FN5O4S/c36-28-5-1-4-27(18-28)35(24-40-14-3-15-40,32-6-2-7-33(32)38-34(42)43)26-12-16-39(17-13-26)21-25-22-41(23-25)29-8-10-30(11-9-29)46(44,45)31-19-37-20-31/h1,4-5,8-11,18,25-26,31-33,37-38H,2-3,6-7,12-17,19-24H2,(H,42,43)/t32-,33-,35?/m0/s1. The van der Waals surface area contributed by atoms with Crippen LogP contribution in [0.25, 0.3) is 0 Å². The molecule has 7 rings (SSSR count). The number of nitrogens with one attached hydrogen (secondary N) is 2. The van der Waals surface area contributed by atoms with Gasteiger partial charge in [-0.15, -0.1) is 0 Å². The zero-order valence-electron chi connectivity index (χ0n) is 26.6. The van der Waals surface area contributed by atoms with Crippen LogP contribution in [0.3, 0.4) is 0 Å². The molecule has 3 N–H and O–H groups in total. The molecule has 1 saturated carbocycles. The van der Waals surface area contributed by atoms with Crippen molar-refractivity contribution in [3.63, 3.8) is 0 Å². The fraction of sp³-hybridized carbons (Fsp3) is 0.629. The first kappa shape index (κ1) is 31.8. The minimum absolute atomic E-state index is 0.120. The van der Waals surface area contributed by atoms with E-state index in [9.17, 15) is 22.7 Å². The number of carboxylic acid groups (broad SMARTS) is 1. The van der Waals surface area contributed by atoms with Crippen LogP contribution in [0.5, 0.6) is 0 Å². The topological polar surface area (TPSA) is 105 Å². The van der Waals surface area contributed by atoms with Crippen LogP contribution in [-0.2, 0) is 15.3 Å². The van der Waals surface area contributed by atoms with Crippen molar-refractivity contribution in [3.05, 3.63) is 59.9 Å². The highest BCUT2D eigenvalue weighted by Gasteiger charge is 2.53. The highest BCUT2D eigenvalue weighted by Crippen LogP contribution is 2.51. The maximum absolute atomic E-state index is 14.9. The van der Waals surface area contributed by atoms with E-state index >= 15 is 0 Å². The highest BCUT2D eigenvalue weighted by molar-refractivity contribution is 7.92. The van der Waals surface area contributed by atoms with Crippen molar-refractivity contribution in [2.24, 2.45) is 17.8 Å². The molecule has 1 aliphatic carbocycles. The quantitative estimate of drug-likeness (QED) is 0.337. The average Bonchev–Trinajstić information content (AvgIpc) is 3.41. The van der Waals surface area contributed by atoms with Crippen molar-refractivity contribution in [3.8, 4) is 0 Å². The van der Waals surface area contributed by atoms with Gasteiger partial charge < -0.3 is 30.4 Å². The van der Waals surface area contributed by atoms with Gasteiger partial charge in [-0.25, -0.2) is 17.6 Å². The molecule has 4 aliphatic heterocycles. The van der Waals surface area contributed by atoms with Gasteiger partial charge in [0, 0.05) is 62.3 Å². The van der Waals surface area contributed by atoms with Crippen LogP contribution >= 0.6 is 0 Å². The second-order valence-corrected chi connectivity index (χ2v) is 16.7. The Morgan fingerprint density at radius 1 is 0.957 bits per heavy atom. The van der Waals surface area contributed by atoms with Gasteiger partial charge in [-0.3, -0.25) is 0 Å². The van der Waals surface area contributed by atoms with Gasteiger partial charge in [-0.05, 0) is 112 Å². The first-order valence-corrected chi connectivity index (χ1v) is 18.8. The minimum atomic E-state index is -3.26. The van der Waals surface area contributed by atoms with Crippen LogP contribution < -0.4 is 15.5 Å². The zero-order chi connectivity index (χ0) is 31.9. The lowest BCUT2D eigenvalue weighted by Gasteiger charge is -2.54. The minimum Gasteiger partial charge on any atom is -0.465 e. The van der Waals surface area contributed by atoms with Crippen LogP contribution in [0.4, 0.5) is 14.9 Å². The molecule has 0 spiro atoms. The molecule has 46 heavy (non-hydrogen) atoms. The van der Waals surface area contributed by atoms with E-state index in [1.165, 1.54) is 12.5 Å². The van der Waals surface area contributed by atoms with Crippen molar-refractivity contribution >= 4 is 21.6 Å². The van der Waals surface area contributed by atoms with E-state index in [2.05, 4.69) is 31.4 Å². The maximum atomic E-state index is 14.9. The molecule has 5 fully saturated rings. The largest absolute Gasteiger partial charge is 0.465 e. The number of nitrogens with zero attached hydrogens (tertiary/aromatic N) is 3. The summed E-state index contributed by atoms with van der Waals surface area (Å²) in [5, 5.41) is 15.3. The van der Waals surface area contributed by atoms with Crippen molar-refractivity contribution in [2.45, 2.75) is 60.1 Å². The maximum Gasteiger partial charge on any atom is 0.404 e. The van der Waals surface area contributed by atoms with E-state index in [1.54, 1.807) is 18.2 Å². The number of carbonyl (C=O) groups is 1. The summed E-state index contributed by atoms with van der Waals surface area (Å²) in [5.41, 5.74) is 1.81. The van der Waals surface area contributed by atoms with Gasteiger partial charge in [0.15, 0.2) is 9.84 Å². The number of sulfone groups is 1. The van der Waals surface area contributed by atoms with E-state index in [0.29, 0.717) is 29.8 Å². The number of benzene rings is 2. The molecule has 0 radical (unpaired) electrons. The molecule has 11 heteroatoms. The summed E-state index contributed by atoms with van der Waals surface area (Å²) in [7, 11) is -3.26. The number of piperidine rings is 1. The van der Waals surface area contributed by atoms with Gasteiger partial charge in [0.1, 0.15) is 5.82 Å². The van der Waals surface area contributed by atoms with Crippen molar-refractivity contribution in [1.29, 1.82) is 0 Å². The molecule has 1 unspecified atom stereocenters. The van der Waals surface area contributed by atoms with Crippen molar-refractivity contribution < 1.29 is 22.7 Å². The summed E-state index contributed by atoms with van der Waals surface area (Å²) in [5.74, 6) is 0.824. The molecule has 0 aromatic heterocycles. The second kappa shape index (κ2) is 13.1. The van der Waals surface area contributed by atoms with Crippen LogP contribution in [0.15, 0.2) is 53.4 Å². The van der Waals surface area contributed by atoms with Gasteiger partial charge in [0.05, 0.1) is 10.1 Å². The monoisotopic (exact) mass is 653 g/mol. The Kier molecular flexibility index (Phi) is 9.04. The number of rotatable bonds is 11. The summed E-state index contributed by atoms with van der Waals surface area (Å²) in [4.78, 5) is 19.7. The number of anilines is 1. The number of hydrogen-bond acceptors (Lipinski definition) is 7. The number of halogens is 1. The lowest BCUT2D eigenvalue weighted by atomic mass is 9.57. The van der Waals surface area contributed by atoms with E-state index < -0.39 is 15.9 Å². The predicted octanol–water partition coefficient (Wildman–Crippen LogP) is 3.80. The third-order valence-electron chi connectivity index (χ3n) is 11.8. The fourth-order valence-corrected chi connectivity index (χ4v) is 10.7. The molecular formula is C35H48FN5O4S. The van der Waals surface area contributed by atoms with E-state index in [0.717, 1.165) is 95.7 Å². The third kappa shape index (κ3) is 6.16. The molecule has 4 heterocycles. The van der Waals surface area contributed by atoms with E-state index in [4.69, 9.17) is 0 Å². The number of amides is 1. The fourth-order valence-electron chi connectivity index (χ4n) is 9.10. The Balaban J connectivity index is 1.01.